The van der Waals surface area contributed by atoms with Gasteiger partial charge >= 0.3 is 0 Å². The minimum atomic E-state index is -0.0974. The molecule has 0 spiro atoms. The van der Waals surface area contributed by atoms with Gasteiger partial charge in [0.15, 0.2) is 0 Å². The number of rotatable bonds is 2. The molecule has 66 valence electrons. The fourth-order valence-electron chi connectivity index (χ4n) is 1.59. The van der Waals surface area contributed by atoms with E-state index in [0.717, 1.165) is 30.1 Å². The maximum absolute atomic E-state index is 9.52. The van der Waals surface area contributed by atoms with E-state index in [1.807, 2.05) is 0 Å². The van der Waals surface area contributed by atoms with Crippen LogP contribution in [0.4, 0.5) is 0 Å². The van der Waals surface area contributed by atoms with Crippen molar-refractivity contribution in [1.82, 2.24) is 0 Å². The lowest BCUT2D eigenvalue weighted by Gasteiger charge is -2.27. The highest BCUT2D eigenvalue weighted by Gasteiger charge is 2.24. The summed E-state index contributed by atoms with van der Waals surface area (Å²) in [6, 6.07) is 0. The van der Waals surface area contributed by atoms with E-state index in [9.17, 15) is 5.11 Å². The normalized spacial score (nSPS) is 35.2. The van der Waals surface area contributed by atoms with Gasteiger partial charge in [-0.2, -0.15) is 0 Å². The molecule has 3 heteroatoms. The highest BCUT2D eigenvalue weighted by Crippen LogP contribution is 2.30. The van der Waals surface area contributed by atoms with Gasteiger partial charge in [0.1, 0.15) is 0 Å². The summed E-state index contributed by atoms with van der Waals surface area (Å²) < 4.78 is 0.857. The van der Waals surface area contributed by atoms with E-state index in [4.69, 9.17) is 11.6 Å². The van der Waals surface area contributed by atoms with Gasteiger partial charge in [-0.25, -0.2) is 0 Å². The van der Waals surface area contributed by atoms with Crippen molar-refractivity contribution in [3.05, 3.63) is 0 Å². The summed E-state index contributed by atoms with van der Waals surface area (Å²) in [7, 11) is 0. The van der Waals surface area contributed by atoms with Gasteiger partial charge in [0.25, 0.3) is 0 Å². The third-order valence-electron chi connectivity index (χ3n) is 2.40. The van der Waals surface area contributed by atoms with Crippen molar-refractivity contribution < 1.29 is 5.11 Å². The topological polar surface area (TPSA) is 20.2 Å². The first-order valence-corrected chi connectivity index (χ1v) is 6.08. The second-order valence-corrected chi connectivity index (χ2v) is 4.73. The molecule has 0 aromatic carbocycles. The van der Waals surface area contributed by atoms with Crippen LogP contribution in [-0.4, -0.2) is 21.0 Å². The lowest BCUT2D eigenvalue weighted by molar-refractivity contribution is 0.108. The van der Waals surface area contributed by atoms with Crippen LogP contribution in [0.15, 0.2) is 0 Å². The Morgan fingerprint density at radius 1 is 1.36 bits per heavy atom. The van der Waals surface area contributed by atoms with Crippen LogP contribution in [0, 0.1) is 5.92 Å². The average molecular weight is 289 g/mol. The van der Waals surface area contributed by atoms with Gasteiger partial charge in [-0.3, -0.25) is 0 Å². The second kappa shape index (κ2) is 4.87. The molecule has 1 rings (SSSR count). The van der Waals surface area contributed by atoms with Crippen LogP contribution in [0.1, 0.15) is 25.7 Å². The molecule has 0 radical (unpaired) electrons. The third kappa shape index (κ3) is 3.07. The summed E-state index contributed by atoms with van der Waals surface area (Å²) >= 11 is 8.18. The van der Waals surface area contributed by atoms with Crippen molar-refractivity contribution in [2.45, 2.75) is 37.2 Å². The summed E-state index contributed by atoms with van der Waals surface area (Å²) in [5, 5.41) is 9.89. The van der Waals surface area contributed by atoms with Crippen LogP contribution in [-0.2, 0) is 0 Å². The van der Waals surface area contributed by atoms with Crippen molar-refractivity contribution in [2.24, 2.45) is 5.92 Å². The smallest absolute Gasteiger partial charge is 0.0657 e. The van der Waals surface area contributed by atoms with Crippen molar-refractivity contribution in [3.63, 3.8) is 0 Å². The van der Waals surface area contributed by atoms with E-state index < -0.39 is 0 Å². The Balaban J connectivity index is 2.27. The molecule has 0 saturated heterocycles. The summed E-state index contributed by atoms with van der Waals surface area (Å²) in [4.78, 5) is 0. The van der Waals surface area contributed by atoms with E-state index in [1.54, 1.807) is 0 Å². The minimum Gasteiger partial charge on any atom is -0.392 e. The zero-order chi connectivity index (χ0) is 8.27. The van der Waals surface area contributed by atoms with Crippen LogP contribution >= 0.6 is 34.2 Å². The molecule has 0 aliphatic heterocycles. The van der Waals surface area contributed by atoms with Crippen molar-refractivity contribution in [2.75, 3.05) is 4.43 Å². The molecule has 1 nitrogen and oxygen atoms in total. The Labute approximate surface area is 86.6 Å². The monoisotopic (exact) mass is 288 g/mol. The lowest BCUT2D eigenvalue weighted by Crippen LogP contribution is -2.26. The summed E-state index contributed by atoms with van der Waals surface area (Å²) in [6.07, 6.45) is 4.29. The van der Waals surface area contributed by atoms with E-state index in [2.05, 4.69) is 22.6 Å². The number of alkyl halides is 2. The fraction of sp³-hybridized carbons (Fsp3) is 1.00. The number of hydrogen-bond acceptors (Lipinski definition) is 1. The van der Waals surface area contributed by atoms with Crippen LogP contribution in [0.5, 0.6) is 0 Å². The summed E-state index contributed by atoms with van der Waals surface area (Å²) in [5.41, 5.74) is 0. The Morgan fingerprint density at radius 3 is 2.36 bits per heavy atom. The summed E-state index contributed by atoms with van der Waals surface area (Å²) in [6.45, 7) is 0. The molecule has 0 aromatic rings. The number of hydrogen-bond donors (Lipinski definition) is 1. The van der Waals surface area contributed by atoms with Crippen molar-refractivity contribution in [3.8, 4) is 0 Å². The Morgan fingerprint density at radius 2 is 1.91 bits per heavy atom. The van der Waals surface area contributed by atoms with E-state index >= 15 is 0 Å². The predicted octanol–water partition coefficient (Wildman–Crippen LogP) is 2.58. The first-order chi connectivity index (χ1) is 5.24. The largest absolute Gasteiger partial charge is 0.392 e. The molecule has 1 atom stereocenters. The molecular formula is C8H14ClIO. The first kappa shape index (κ1) is 10.1. The third-order valence-corrected chi connectivity index (χ3v) is 3.74. The van der Waals surface area contributed by atoms with Crippen LogP contribution < -0.4 is 0 Å². The van der Waals surface area contributed by atoms with Gasteiger partial charge < -0.3 is 5.11 Å². The minimum absolute atomic E-state index is 0.0974. The number of aliphatic hydroxyl groups is 1. The van der Waals surface area contributed by atoms with Crippen molar-refractivity contribution in [1.29, 1.82) is 0 Å². The highest BCUT2D eigenvalue weighted by atomic mass is 127. The standard InChI is InChI=1S/C8H14ClIO/c9-7-3-1-6(2-4-7)8(11)5-10/h6-8,11H,1-5H2. The fourth-order valence-corrected chi connectivity index (χ4v) is 2.56. The maximum Gasteiger partial charge on any atom is 0.0657 e. The molecule has 1 saturated carbocycles. The zero-order valence-electron chi connectivity index (χ0n) is 6.47. The maximum atomic E-state index is 9.52. The molecule has 0 amide bonds. The Kier molecular flexibility index (Phi) is 4.46. The van der Waals surface area contributed by atoms with Gasteiger partial charge in [-0.1, -0.05) is 22.6 Å². The zero-order valence-corrected chi connectivity index (χ0v) is 9.38. The molecule has 1 fully saturated rings. The molecule has 1 aliphatic carbocycles. The number of aliphatic hydroxyl groups excluding tert-OH is 1. The Bertz CT molecular complexity index is 113. The van der Waals surface area contributed by atoms with Gasteiger partial charge in [0, 0.05) is 9.80 Å². The van der Waals surface area contributed by atoms with Crippen LogP contribution in [0.2, 0.25) is 0 Å². The van der Waals surface area contributed by atoms with Gasteiger partial charge in [-0.15, -0.1) is 11.6 Å². The lowest BCUT2D eigenvalue weighted by atomic mass is 9.86. The molecule has 1 aliphatic rings. The highest BCUT2D eigenvalue weighted by molar-refractivity contribution is 14.1. The molecule has 1 unspecified atom stereocenters. The molecule has 0 bridgehead atoms. The average Bonchev–Trinajstić information content (AvgIpc) is 2.05. The number of halogens is 2. The summed E-state index contributed by atoms with van der Waals surface area (Å²) in [5.74, 6) is 0.516. The van der Waals surface area contributed by atoms with E-state index in [0.29, 0.717) is 11.3 Å². The van der Waals surface area contributed by atoms with Gasteiger partial charge in [0.2, 0.25) is 0 Å². The molecule has 0 aromatic heterocycles. The van der Waals surface area contributed by atoms with Crippen LogP contribution in [0.25, 0.3) is 0 Å². The molecule has 11 heavy (non-hydrogen) atoms. The molecular weight excluding hydrogens is 274 g/mol. The van der Waals surface area contributed by atoms with E-state index in [-0.39, 0.29) is 6.10 Å². The quantitative estimate of drug-likeness (QED) is 0.612. The van der Waals surface area contributed by atoms with Crippen molar-refractivity contribution >= 4 is 34.2 Å². The van der Waals surface area contributed by atoms with Gasteiger partial charge in [0.05, 0.1) is 6.10 Å². The molecule has 0 heterocycles. The first-order valence-electron chi connectivity index (χ1n) is 4.12. The molecule has 1 N–H and O–H groups in total. The second-order valence-electron chi connectivity index (χ2n) is 3.23. The van der Waals surface area contributed by atoms with E-state index in [1.165, 1.54) is 0 Å². The van der Waals surface area contributed by atoms with Gasteiger partial charge in [-0.05, 0) is 31.6 Å². The SMILES string of the molecule is OC(CI)C1CCC(Cl)CC1. The Hall–Kier alpha value is 0.980. The van der Waals surface area contributed by atoms with Crippen LogP contribution in [0.3, 0.4) is 0 Å². The predicted molar refractivity (Wildman–Crippen MR) is 56.5 cm³/mol.